The molecule has 5 atom stereocenters. The Bertz CT molecular complexity index is 1320. The molecule has 3 fully saturated rings. The minimum absolute atomic E-state index is 0.0171. The Morgan fingerprint density at radius 2 is 1.62 bits per heavy atom. The first kappa shape index (κ1) is 28.5. The van der Waals surface area contributed by atoms with E-state index in [0.717, 1.165) is 5.69 Å². The maximum Gasteiger partial charge on any atom is 0.251 e. The third-order valence-corrected chi connectivity index (χ3v) is 10.7. The highest BCUT2D eigenvalue weighted by molar-refractivity contribution is 8.02. The molecule has 7 nitrogen and oxygen atoms in total. The molecule has 2 unspecified atom stereocenters. The van der Waals surface area contributed by atoms with Crippen LogP contribution in [0.2, 0.25) is 5.02 Å². The minimum Gasteiger partial charge on any atom is -0.395 e. The van der Waals surface area contributed by atoms with Gasteiger partial charge in [-0.05, 0) is 56.2 Å². The Kier molecular flexibility index (Phi) is 7.88. The Morgan fingerprint density at radius 1 is 1.02 bits per heavy atom. The van der Waals surface area contributed by atoms with Crippen molar-refractivity contribution < 1.29 is 19.5 Å². The second-order valence-corrected chi connectivity index (χ2v) is 13.1. The van der Waals surface area contributed by atoms with Gasteiger partial charge in [-0.2, -0.15) is 0 Å². The molecule has 40 heavy (non-hydrogen) atoms. The van der Waals surface area contributed by atoms with E-state index in [9.17, 15) is 19.5 Å². The highest BCUT2D eigenvalue weighted by Gasteiger charge is 2.77. The number of β-amino-alcohol motifs (C(OH)–C–C–N with tert-alkyl or cyclic N) is 1. The largest absolute Gasteiger partial charge is 0.395 e. The summed E-state index contributed by atoms with van der Waals surface area (Å²) in [7, 11) is 0. The van der Waals surface area contributed by atoms with Crippen molar-refractivity contribution in [1.29, 1.82) is 0 Å². The number of aliphatic hydroxyl groups excluding tert-OH is 1. The summed E-state index contributed by atoms with van der Waals surface area (Å²) >= 11 is 7.72. The van der Waals surface area contributed by atoms with Gasteiger partial charge in [-0.3, -0.25) is 14.4 Å². The van der Waals surface area contributed by atoms with Crippen LogP contribution in [0.1, 0.15) is 19.8 Å². The number of aliphatic hydroxyl groups is 1. The highest BCUT2D eigenvalue weighted by atomic mass is 35.5. The lowest BCUT2D eigenvalue weighted by molar-refractivity contribution is -0.140. The third-order valence-electron chi connectivity index (χ3n) is 8.48. The first-order chi connectivity index (χ1) is 19.2. The summed E-state index contributed by atoms with van der Waals surface area (Å²) in [5.74, 6) is -1.94. The molecular weight excluding hydrogens is 546 g/mol. The zero-order valence-corrected chi connectivity index (χ0v) is 24.1. The van der Waals surface area contributed by atoms with E-state index in [1.165, 1.54) is 4.90 Å². The molecule has 210 valence electrons. The smallest absolute Gasteiger partial charge is 0.251 e. The number of carbonyl (C=O) groups excluding carboxylic acids is 3. The van der Waals surface area contributed by atoms with Gasteiger partial charge in [-0.1, -0.05) is 42.0 Å². The SMILES string of the molecule is C=CCN(C(=O)C1N(CCO)C(=O)[C@@H]2[C@H](C(=O)N(CC=C)c3ccccc3)[C@]3(C)CCC12S3)c1ccc(Cl)cc1. The lowest BCUT2D eigenvalue weighted by Crippen LogP contribution is -2.55. The van der Waals surface area contributed by atoms with Crippen molar-refractivity contribution >= 4 is 52.5 Å². The molecule has 1 N–H and O–H groups in total. The average molecular weight is 580 g/mol. The monoisotopic (exact) mass is 579 g/mol. The van der Waals surface area contributed by atoms with E-state index in [2.05, 4.69) is 20.1 Å². The number of likely N-dealkylation sites (tertiary alicyclic amines) is 1. The van der Waals surface area contributed by atoms with Crippen LogP contribution in [0.5, 0.6) is 0 Å². The molecule has 3 amide bonds. The molecule has 3 heterocycles. The molecule has 2 bridgehead atoms. The van der Waals surface area contributed by atoms with Gasteiger partial charge >= 0.3 is 0 Å². The van der Waals surface area contributed by atoms with Crippen LogP contribution in [0, 0.1) is 11.8 Å². The number of halogens is 1. The summed E-state index contributed by atoms with van der Waals surface area (Å²) in [6.07, 6.45) is 4.66. The van der Waals surface area contributed by atoms with Gasteiger partial charge in [0.15, 0.2) is 0 Å². The van der Waals surface area contributed by atoms with Gasteiger partial charge in [0, 0.05) is 40.8 Å². The first-order valence-electron chi connectivity index (χ1n) is 13.5. The van der Waals surface area contributed by atoms with E-state index < -0.39 is 27.4 Å². The first-order valence-corrected chi connectivity index (χ1v) is 14.7. The normalized spacial score (nSPS) is 28.3. The predicted octanol–water partition coefficient (Wildman–Crippen LogP) is 4.55. The van der Waals surface area contributed by atoms with E-state index in [-0.39, 0.29) is 37.4 Å². The topological polar surface area (TPSA) is 81.2 Å². The van der Waals surface area contributed by atoms with E-state index in [4.69, 9.17) is 11.6 Å². The van der Waals surface area contributed by atoms with Gasteiger partial charge < -0.3 is 19.8 Å². The van der Waals surface area contributed by atoms with Gasteiger partial charge in [-0.15, -0.1) is 24.9 Å². The predicted molar refractivity (Wildman–Crippen MR) is 161 cm³/mol. The lowest BCUT2D eigenvalue weighted by atomic mass is 9.66. The molecule has 0 saturated carbocycles. The van der Waals surface area contributed by atoms with Crippen molar-refractivity contribution in [3.05, 3.63) is 84.9 Å². The summed E-state index contributed by atoms with van der Waals surface area (Å²) < 4.78 is -1.31. The summed E-state index contributed by atoms with van der Waals surface area (Å²) in [6.45, 7) is 10.0. The number of hydrogen-bond acceptors (Lipinski definition) is 5. The molecule has 2 aromatic rings. The molecule has 9 heteroatoms. The summed E-state index contributed by atoms with van der Waals surface area (Å²) in [6, 6.07) is 15.5. The number of fused-ring (bicyclic) bond motifs is 1. The van der Waals surface area contributed by atoms with Crippen molar-refractivity contribution in [2.75, 3.05) is 36.0 Å². The fraction of sp³-hybridized carbons (Fsp3) is 0.387. The van der Waals surface area contributed by atoms with Crippen LogP contribution in [0.25, 0.3) is 0 Å². The number of benzene rings is 2. The molecule has 5 rings (SSSR count). The molecule has 2 aromatic carbocycles. The fourth-order valence-electron chi connectivity index (χ4n) is 6.88. The zero-order chi connectivity index (χ0) is 28.7. The Balaban J connectivity index is 1.58. The zero-order valence-electron chi connectivity index (χ0n) is 22.5. The van der Waals surface area contributed by atoms with Gasteiger partial charge in [0.05, 0.1) is 23.2 Å². The van der Waals surface area contributed by atoms with Crippen LogP contribution in [0.15, 0.2) is 79.9 Å². The minimum atomic E-state index is -0.831. The number of thioether (sulfide) groups is 1. The fourth-order valence-corrected chi connectivity index (χ4v) is 9.35. The second-order valence-electron chi connectivity index (χ2n) is 10.8. The maximum atomic E-state index is 14.5. The van der Waals surface area contributed by atoms with E-state index in [0.29, 0.717) is 30.1 Å². The summed E-state index contributed by atoms with van der Waals surface area (Å²) in [4.78, 5) is 47.9. The molecule has 3 saturated heterocycles. The average Bonchev–Trinajstić information content (AvgIpc) is 3.52. The number of nitrogens with zero attached hydrogens (tertiary/aromatic N) is 3. The summed E-state index contributed by atoms with van der Waals surface area (Å²) in [5, 5.41) is 10.5. The summed E-state index contributed by atoms with van der Waals surface area (Å²) in [5.41, 5.74) is 1.38. The lowest BCUT2D eigenvalue weighted by Gasteiger charge is -2.38. The molecule has 0 aliphatic carbocycles. The number of rotatable bonds is 10. The Labute approximate surface area is 244 Å². The number of anilines is 2. The van der Waals surface area contributed by atoms with Gasteiger partial charge in [-0.25, -0.2) is 0 Å². The molecule has 0 aromatic heterocycles. The Hall–Kier alpha value is -3.07. The van der Waals surface area contributed by atoms with Gasteiger partial charge in [0.25, 0.3) is 5.91 Å². The van der Waals surface area contributed by atoms with E-state index in [1.54, 1.807) is 58.0 Å². The number of hydrogen-bond donors (Lipinski definition) is 1. The highest BCUT2D eigenvalue weighted by Crippen LogP contribution is 2.71. The van der Waals surface area contributed by atoms with Crippen LogP contribution in [-0.2, 0) is 14.4 Å². The van der Waals surface area contributed by atoms with Crippen LogP contribution >= 0.6 is 23.4 Å². The number of amides is 3. The van der Waals surface area contributed by atoms with Crippen molar-refractivity contribution in [3.8, 4) is 0 Å². The van der Waals surface area contributed by atoms with Gasteiger partial charge in [0.1, 0.15) is 6.04 Å². The van der Waals surface area contributed by atoms with Crippen LogP contribution in [0.3, 0.4) is 0 Å². The molecule has 1 spiro atoms. The molecule has 3 aliphatic heterocycles. The van der Waals surface area contributed by atoms with Crippen molar-refractivity contribution in [1.82, 2.24) is 4.90 Å². The molecule has 3 aliphatic rings. The standard InChI is InChI=1S/C31H34ClN3O4S/c1-4-17-33(22-9-7-6-8-10-22)27(37)24-25-28(38)35(19-20-36)26(31(25)16-15-30(24,3)40-31)29(39)34(18-5-2)23-13-11-21(32)12-14-23/h4-14,24-26,36H,1-2,15-20H2,3H3/t24-,25+,26?,30+,31?/m1/s1. The number of para-hydroxylation sites is 1. The van der Waals surface area contributed by atoms with Crippen molar-refractivity contribution in [2.45, 2.75) is 35.3 Å². The molecular formula is C31H34ClN3O4S. The van der Waals surface area contributed by atoms with Crippen LogP contribution in [-0.4, -0.2) is 69.5 Å². The van der Waals surface area contributed by atoms with Crippen molar-refractivity contribution in [2.24, 2.45) is 11.8 Å². The maximum absolute atomic E-state index is 14.5. The van der Waals surface area contributed by atoms with Gasteiger partial charge in [0.2, 0.25) is 11.8 Å². The van der Waals surface area contributed by atoms with Crippen molar-refractivity contribution in [3.63, 3.8) is 0 Å². The van der Waals surface area contributed by atoms with Crippen LogP contribution < -0.4 is 9.80 Å². The van der Waals surface area contributed by atoms with E-state index >= 15 is 0 Å². The van der Waals surface area contributed by atoms with E-state index in [1.807, 2.05) is 30.3 Å². The molecule has 0 radical (unpaired) electrons. The van der Waals surface area contributed by atoms with Crippen LogP contribution in [0.4, 0.5) is 11.4 Å². The quantitative estimate of drug-likeness (QED) is 0.418. The number of carbonyl (C=O) groups is 3. The third kappa shape index (κ3) is 4.46. The Morgan fingerprint density at radius 3 is 2.23 bits per heavy atom. The second kappa shape index (κ2) is 11.1.